The first-order valence-corrected chi connectivity index (χ1v) is 6.49. The van der Waals surface area contributed by atoms with Crippen LogP contribution in [0.15, 0.2) is 18.2 Å². The van der Waals surface area contributed by atoms with E-state index >= 15 is 0 Å². The summed E-state index contributed by atoms with van der Waals surface area (Å²) in [5.41, 5.74) is 0.790. The standard InChI is InChI=1S/C14H20F3NO3/c1-10(2)18-7-11-6-12(19-3)4-5-13(11)21-9-20-8-14(15,16)17/h4-6,10,18H,7-9H2,1-3H3. The highest BCUT2D eigenvalue weighted by Gasteiger charge is 2.27. The van der Waals surface area contributed by atoms with Crippen LogP contribution in [-0.2, 0) is 11.3 Å². The summed E-state index contributed by atoms with van der Waals surface area (Å²) in [5, 5.41) is 3.21. The molecular formula is C14H20F3NO3. The van der Waals surface area contributed by atoms with Gasteiger partial charge >= 0.3 is 6.18 Å². The third-order valence-corrected chi connectivity index (χ3v) is 2.53. The van der Waals surface area contributed by atoms with Gasteiger partial charge in [-0.2, -0.15) is 13.2 Å². The van der Waals surface area contributed by atoms with E-state index in [4.69, 9.17) is 9.47 Å². The van der Waals surface area contributed by atoms with Crippen LogP contribution in [-0.4, -0.2) is 32.7 Å². The first kappa shape index (κ1) is 17.6. The second kappa shape index (κ2) is 8.09. The van der Waals surface area contributed by atoms with Crippen molar-refractivity contribution in [2.75, 3.05) is 20.5 Å². The Bertz CT molecular complexity index is 436. The third-order valence-electron chi connectivity index (χ3n) is 2.53. The van der Waals surface area contributed by atoms with Crippen molar-refractivity contribution in [1.82, 2.24) is 5.32 Å². The van der Waals surface area contributed by atoms with E-state index in [0.717, 1.165) is 5.56 Å². The van der Waals surface area contributed by atoms with Gasteiger partial charge < -0.3 is 19.5 Å². The first-order chi connectivity index (χ1) is 9.81. The molecule has 7 heteroatoms. The molecular weight excluding hydrogens is 287 g/mol. The SMILES string of the molecule is COc1ccc(OCOCC(F)(F)F)c(CNC(C)C)c1. The summed E-state index contributed by atoms with van der Waals surface area (Å²) < 4.78 is 50.7. The maximum absolute atomic E-state index is 12.0. The molecule has 21 heavy (non-hydrogen) atoms. The lowest BCUT2D eigenvalue weighted by Crippen LogP contribution is -2.22. The van der Waals surface area contributed by atoms with E-state index in [1.165, 1.54) is 0 Å². The highest BCUT2D eigenvalue weighted by atomic mass is 19.4. The summed E-state index contributed by atoms with van der Waals surface area (Å²) in [4.78, 5) is 0. The molecule has 1 aromatic rings. The number of nitrogens with one attached hydrogen (secondary N) is 1. The molecule has 0 saturated heterocycles. The minimum Gasteiger partial charge on any atom is -0.497 e. The zero-order chi connectivity index (χ0) is 15.9. The largest absolute Gasteiger partial charge is 0.497 e. The van der Waals surface area contributed by atoms with Gasteiger partial charge in [0.2, 0.25) is 0 Å². The second-order valence-corrected chi connectivity index (χ2v) is 4.74. The molecule has 1 N–H and O–H groups in total. The van der Waals surface area contributed by atoms with Gasteiger partial charge in [-0.3, -0.25) is 0 Å². The molecule has 4 nitrogen and oxygen atoms in total. The highest BCUT2D eigenvalue weighted by molar-refractivity contribution is 5.40. The van der Waals surface area contributed by atoms with Crippen LogP contribution in [0.2, 0.25) is 0 Å². The van der Waals surface area contributed by atoms with Crippen molar-refractivity contribution in [2.24, 2.45) is 0 Å². The van der Waals surface area contributed by atoms with Gasteiger partial charge in [0.25, 0.3) is 0 Å². The molecule has 0 aromatic heterocycles. The maximum atomic E-state index is 12.0. The first-order valence-electron chi connectivity index (χ1n) is 6.49. The molecule has 0 saturated carbocycles. The summed E-state index contributed by atoms with van der Waals surface area (Å²) in [6, 6.07) is 5.37. The molecule has 0 aliphatic carbocycles. The van der Waals surface area contributed by atoms with Gasteiger partial charge in [-0.15, -0.1) is 0 Å². The molecule has 0 fully saturated rings. The van der Waals surface area contributed by atoms with E-state index in [0.29, 0.717) is 18.0 Å². The Kier molecular flexibility index (Phi) is 6.77. The van der Waals surface area contributed by atoms with Crippen LogP contribution in [0.25, 0.3) is 0 Å². The van der Waals surface area contributed by atoms with Crippen molar-refractivity contribution in [3.8, 4) is 11.5 Å². The fourth-order valence-electron chi connectivity index (χ4n) is 1.54. The van der Waals surface area contributed by atoms with E-state index in [2.05, 4.69) is 10.1 Å². The van der Waals surface area contributed by atoms with Crippen molar-refractivity contribution in [2.45, 2.75) is 32.6 Å². The van der Waals surface area contributed by atoms with Gasteiger partial charge in [0, 0.05) is 18.2 Å². The Hall–Kier alpha value is -1.47. The van der Waals surface area contributed by atoms with Gasteiger partial charge in [0.05, 0.1) is 7.11 Å². The Morgan fingerprint density at radius 2 is 1.95 bits per heavy atom. The summed E-state index contributed by atoms with van der Waals surface area (Å²) in [6.07, 6.45) is -4.36. The van der Waals surface area contributed by atoms with Crippen LogP contribution < -0.4 is 14.8 Å². The van der Waals surface area contributed by atoms with Gasteiger partial charge in [0.1, 0.15) is 18.1 Å². The molecule has 1 aromatic carbocycles. The number of methoxy groups -OCH3 is 1. The van der Waals surface area contributed by atoms with Crippen LogP contribution in [0.5, 0.6) is 11.5 Å². The van der Waals surface area contributed by atoms with Gasteiger partial charge in [-0.25, -0.2) is 0 Å². The molecule has 1 rings (SSSR count). The Labute approximate surface area is 122 Å². The number of hydrogen-bond acceptors (Lipinski definition) is 4. The second-order valence-electron chi connectivity index (χ2n) is 4.74. The highest BCUT2D eigenvalue weighted by Crippen LogP contribution is 2.24. The fraction of sp³-hybridized carbons (Fsp3) is 0.571. The topological polar surface area (TPSA) is 39.7 Å². The number of alkyl halides is 3. The molecule has 0 bridgehead atoms. The predicted molar refractivity (Wildman–Crippen MR) is 72.5 cm³/mol. The fourth-order valence-corrected chi connectivity index (χ4v) is 1.54. The van der Waals surface area contributed by atoms with Crippen LogP contribution in [0, 0.1) is 0 Å². The number of benzene rings is 1. The van der Waals surface area contributed by atoms with Crippen LogP contribution >= 0.6 is 0 Å². The normalized spacial score (nSPS) is 11.8. The Morgan fingerprint density at radius 1 is 1.24 bits per heavy atom. The smallest absolute Gasteiger partial charge is 0.411 e. The molecule has 120 valence electrons. The lowest BCUT2D eigenvalue weighted by Gasteiger charge is -2.15. The van der Waals surface area contributed by atoms with Crippen LogP contribution in [0.1, 0.15) is 19.4 Å². The minimum absolute atomic E-state index is 0.269. The van der Waals surface area contributed by atoms with Crippen molar-refractivity contribution < 1.29 is 27.4 Å². The third kappa shape index (κ3) is 7.19. The van der Waals surface area contributed by atoms with Crippen LogP contribution in [0.3, 0.4) is 0 Å². The maximum Gasteiger partial charge on any atom is 0.411 e. The van der Waals surface area contributed by atoms with E-state index < -0.39 is 19.6 Å². The van der Waals surface area contributed by atoms with Gasteiger partial charge in [-0.1, -0.05) is 13.8 Å². The molecule has 0 spiro atoms. The zero-order valence-electron chi connectivity index (χ0n) is 12.3. The Morgan fingerprint density at radius 3 is 2.52 bits per heavy atom. The van der Waals surface area contributed by atoms with E-state index in [-0.39, 0.29) is 6.04 Å². The molecule has 0 aliphatic rings. The summed E-state index contributed by atoms with van der Waals surface area (Å²) in [7, 11) is 1.54. The van der Waals surface area contributed by atoms with Gasteiger partial charge in [0.15, 0.2) is 6.79 Å². The molecule has 0 aliphatic heterocycles. The monoisotopic (exact) mass is 307 g/mol. The van der Waals surface area contributed by atoms with Crippen molar-refractivity contribution >= 4 is 0 Å². The summed E-state index contributed by atoms with van der Waals surface area (Å²) in [5.74, 6) is 1.12. The Balaban J connectivity index is 2.62. The number of ether oxygens (including phenoxy) is 3. The zero-order valence-corrected chi connectivity index (χ0v) is 12.3. The van der Waals surface area contributed by atoms with E-state index in [1.54, 1.807) is 25.3 Å². The minimum atomic E-state index is -4.36. The lowest BCUT2D eigenvalue weighted by molar-refractivity contribution is -0.186. The summed E-state index contributed by atoms with van der Waals surface area (Å²) in [6.45, 7) is 2.72. The summed E-state index contributed by atoms with van der Waals surface area (Å²) >= 11 is 0. The van der Waals surface area contributed by atoms with Crippen molar-refractivity contribution in [1.29, 1.82) is 0 Å². The number of rotatable bonds is 8. The molecule has 0 radical (unpaired) electrons. The van der Waals surface area contributed by atoms with Crippen molar-refractivity contribution in [3.05, 3.63) is 23.8 Å². The predicted octanol–water partition coefficient (Wildman–Crippen LogP) is 3.11. The number of halogens is 3. The van der Waals surface area contributed by atoms with E-state index in [9.17, 15) is 13.2 Å². The number of hydrogen-bond donors (Lipinski definition) is 1. The molecule has 0 amide bonds. The van der Waals surface area contributed by atoms with Gasteiger partial charge in [-0.05, 0) is 18.2 Å². The average molecular weight is 307 g/mol. The van der Waals surface area contributed by atoms with Crippen LogP contribution in [0.4, 0.5) is 13.2 Å². The van der Waals surface area contributed by atoms with Crippen molar-refractivity contribution in [3.63, 3.8) is 0 Å². The lowest BCUT2D eigenvalue weighted by atomic mass is 10.2. The quantitative estimate of drug-likeness (QED) is 0.592. The average Bonchev–Trinajstić information content (AvgIpc) is 2.40. The molecule has 0 heterocycles. The van der Waals surface area contributed by atoms with E-state index in [1.807, 2.05) is 13.8 Å². The molecule has 0 unspecified atom stereocenters. The molecule has 0 atom stereocenters.